The molecule has 0 aromatic rings. The van der Waals surface area contributed by atoms with Crippen molar-refractivity contribution in [1.29, 1.82) is 0 Å². The molecule has 2 aliphatic carbocycles. The van der Waals surface area contributed by atoms with Crippen LogP contribution in [0.25, 0.3) is 0 Å². The average molecular weight is 251 g/mol. The van der Waals surface area contributed by atoms with E-state index < -0.39 is 0 Å². The molecule has 1 N–H and O–H groups in total. The maximum absolute atomic E-state index is 4.02. The van der Waals surface area contributed by atoms with E-state index in [2.05, 4.69) is 33.0 Å². The SMILES string of the molecule is CC1CCC(C(C)C)C(N[C@H](C)C2CCCC2)C1. The summed E-state index contributed by atoms with van der Waals surface area (Å²) >= 11 is 0. The van der Waals surface area contributed by atoms with E-state index in [1.807, 2.05) is 0 Å². The van der Waals surface area contributed by atoms with Crippen molar-refractivity contribution in [3.05, 3.63) is 0 Å². The molecule has 2 rings (SSSR count). The molecule has 0 heterocycles. The van der Waals surface area contributed by atoms with Gasteiger partial charge in [-0.2, -0.15) is 0 Å². The second-order valence-electron chi connectivity index (χ2n) is 7.43. The van der Waals surface area contributed by atoms with E-state index in [0.717, 1.165) is 35.8 Å². The van der Waals surface area contributed by atoms with Crippen LogP contribution in [0.4, 0.5) is 0 Å². The molecule has 2 aliphatic rings. The van der Waals surface area contributed by atoms with Crippen molar-refractivity contribution in [3.8, 4) is 0 Å². The number of nitrogens with one attached hydrogen (secondary N) is 1. The second-order valence-corrected chi connectivity index (χ2v) is 7.43. The minimum Gasteiger partial charge on any atom is -0.311 e. The van der Waals surface area contributed by atoms with E-state index in [-0.39, 0.29) is 0 Å². The fourth-order valence-electron chi connectivity index (χ4n) is 4.33. The molecule has 18 heavy (non-hydrogen) atoms. The van der Waals surface area contributed by atoms with Gasteiger partial charge in [0, 0.05) is 12.1 Å². The van der Waals surface area contributed by atoms with Gasteiger partial charge >= 0.3 is 0 Å². The van der Waals surface area contributed by atoms with E-state index in [9.17, 15) is 0 Å². The third-order valence-electron chi connectivity index (χ3n) is 5.61. The molecule has 2 saturated carbocycles. The van der Waals surface area contributed by atoms with Crippen LogP contribution in [-0.4, -0.2) is 12.1 Å². The van der Waals surface area contributed by atoms with E-state index in [1.54, 1.807) is 0 Å². The van der Waals surface area contributed by atoms with Crippen LogP contribution in [0.3, 0.4) is 0 Å². The smallest absolute Gasteiger partial charge is 0.0103 e. The number of hydrogen-bond donors (Lipinski definition) is 1. The van der Waals surface area contributed by atoms with Crippen molar-refractivity contribution in [2.75, 3.05) is 0 Å². The fourth-order valence-corrected chi connectivity index (χ4v) is 4.33. The van der Waals surface area contributed by atoms with Gasteiger partial charge < -0.3 is 5.32 Å². The van der Waals surface area contributed by atoms with Crippen LogP contribution < -0.4 is 5.32 Å². The van der Waals surface area contributed by atoms with Gasteiger partial charge in [0.2, 0.25) is 0 Å². The average Bonchev–Trinajstić information content (AvgIpc) is 2.81. The molecule has 0 saturated heterocycles. The van der Waals surface area contributed by atoms with Crippen LogP contribution in [0.5, 0.6) is 0 Å². The van der Waals surface area contributed by atoms with Crippen molar-refractivity contribution in [3.63, 3.8) is 0 Å². The maximum atomic E-state index is 4.02. The quantitative estimate of drug-likeness (QED) is 0.769. The summed E-state index contributed by atoms with van der Waals surface area (Å²) < 4.78 is 0. The summed E-state index contributed by atoms with van der Waals surface area (Å²) in [5.74, 6) is 3.62. The van der Waals surface area contributed by atoms with Crippen molar-refractivity contribution >= 4 is 0 Å². The third-order valence-corrected chi connectivity index (χ3v) is 5.61. The first kappa shape index (κ1) is 14.4. The van der Waals surface area contributed by atoms with E-state index in [1.165, 1.54) is 44.9 Å². The van der Waals surface area contributed by atoms with Gasteiger partial charge in [-0.3, -0.25) is 0 Å². The van der Waals surface area contributed by atoms with Crippen LogP contribution in [0.2, 0.25) is 0 Å². The highest BCUT2D eigenvalue weighted by Gasteiger charge is 2.33. The highest BCUT2D eigenvalue weighted by atomic mass is 15.0. The largest absolute Gasteiger partial charge is 0.311 e. The predicted molar refractivity (Wildman–Crippen MR) is 79.7 cm³/mol. The van der Waals surface area contributed by atoms with Crippen LogP contribution in [0.1, 0.15) is 72.6 Å². The van der Waals surface area contributed by atoms with Crippen molar-refractivity contribution in [1.82, 2.24) is 5.32 Å². The summed E-state index contributed by atoms with van der Waals surface area (Å²) in [6.07, 6.45) is 10.1. The first-order chi connectivity index (χ1) is 8.58. The van der Waals surface area contributed by atoms with Gasteiger partial charge in [-0.25, -0.2) is 0 Å². The minimum absolute atomic E-state index is 0.740. The van der Waals surface area contributed by atoms with Gasteiger partial charge in [-0.15, -0.1) is 0 Å². The Balaban J connectivity index is 1.90. The zero-order valence-corrected chi connectivity index (χ0v) is 12.9. The molecule has 2 fully saturated rings. The van der Waals surface area contributed by atoms with Gasteiger partial charge in [-0.1, -0.05) is 40.0 Å². The third kappa shape index (κ3) is 3.50. The molecule has 106 valence electrons. The molecular weight excluding hydrogens is 218 g/mol. The Labute approximate surface area is 114 Å². The lowest BCUT2D eigenvalue weighted by Gasteiger charge is -2.40. The highest BCUT2D eigenvalue weighted by molar-refractivity contribution is 4.89. The maximum Gasteiger partial charge on any atom is 0.0103 e. The number of rotatable bonds is 4. The first-order valence-electron chi connectivity index (χ1n) is 8.34. The van der Waals surface area contributed by atoms with E-state index in [0.29, 0.717) is 0 Å². The van der Waals surface area contributed by atoms with Gasteiger partial charge in [0.25, 0.3) is 0 Å². The number of hydrogen-bond acceptors (Lipinski definition) is 1. The van der Waals surface area contributed by atoms with Crippen LogP contribution in [0.15, 0.2) is 0 Å². The Morgan fingerprint density at radius 3 is 2.22 bits per heavy atom. The monoisotopic (exact) mass is 251 g/mol. The van der Waals surface area contributed by atoms with Crippen molar-refractivity contribution in [2.24, 2.45) is 23.7 Å². The standard InChI is InChI=1S/C17H33N/c1-12(2)16-10-9-13(3)11-17(16)18-14(4)15-7-5-6-8-15/h12-18H,5-11H2,1-4H3/t13?,14-,16?,17?/m1/s1. The normalized spacial score (nSPS) is 36.2. The minimum atomic E-state index is 0.740. The van der Waals surface area contributed by atoms with Gasteiger partial charge in [0.15, 0.2) is 0 Å². The molecule has 3 unspecified atom stereocenters. The molecule has 0 bridgehead atoms. The molecule has 0 radical (unpaired) electrons. The van der Waals surface area contributed by atoms with Crippen molar-refractivity contribution < 1.29 is 0 Å². The lowest BCUT2D eigenvalue weighted by atomic mass is 9.73. The lowest BCUT2D eigenvalue weighted by Crippen LogP contribution is -2.48. The fraction of sp³-hybridized carbons (Fsp3) is 1.00. The molecule has 1 heteroatoms. The Morgan fingerprint density at radius 1 is 0.944 bits per heavy atom. The Bertz CT molecular complexity index is 242. The first-order valence-corrected chi connectivity index (χ1v) is 8.34. The summed E-state index contributed by atoms with van der Waals surface area (Å²) in [5, 5.41) is 4.02. The van der Waals surface area contributed by atoms with Crippen molar-refractivity contribution in [2.45, 2.75) is 84.7 Å². The molecule has 4 atom stereocenters. The summed E-state index contributed by atoms with van der Waals surface area (Å²) in [5.41, 5.74) is 0. The zero-order chi connectivity index (χ0) is 13.1. The van der Waals surface area contributed by atoms with Crippen LogP contribution in [0, 0.1) is 23.7 Å². The summed E-state index contributed by atoms with van der Waals surface area (Å²) in [7, 11) is 0. The van der Waals surface area contributed by atoms with Crippen LogP contribution in [-0.2, 0) is 0 Å². The molecule has 0 aromatic heterocycles. The molecule has 0 aromatic carbocycles. The van der Waals surface area contributed by atoms with Crippen LogP contribution >= 0.6 is 0 Å². The molecule has 0 amide bonds. The van der Waals surface area contributed by atoms with Gasteiger partial charge in [0.1, 0.15) is 0 Å². The Morgan fingerprint density at radius 2 is 1.61 bits per heavy atom. The Hall–Kier alpha value is -0.0400. The molecule has 0 spiro atoms. The molecule has 0 aliphatic heterocycles. The summed E-state index contributed by atoms with van der Waals surface area (Å²) in [6.45, 7) is 9.70. The predicted octanol–water partition coefficient (Wildman–Crippen LogP) is 4.62. The van der Waals surface area contributed by atoms with E-state index >= 15 is 0 Å². The lowest BCUT2D eigenvalue weighted by molar-refractivity contribution is 0.150. The summed E-state index contributed by atoms with van der Waals surface area (Å²) in [4.78, 5) is 0. The zero-order valence-electron chi connectivity index (χ0n) is 12.9. The Kier molecular flexibility index (Phi) is 5.12. The highest BCUT2D eigenvalue weighted by Crippen LogP contribution is 2.35. The van der Waals surface area contributed by atoms with E-state index in [4.69, 9.17) is 0 Å². The second kappa shape index (κ2) is 6.41. The topological polar surface area (TPSA) is 12.0 Å². The van der Waals surface area contributed by atoms with Gasteiger partial charge in [0.05, 0.1) is 0 Å². The summed E-state index contributed by atoms with van der Waals surface area (Å²) in [6, 6.07) is 1.52. The van der Waals surface area contributed by atoms with Gasteiger partial charge in [-0.05, 0) is 56.3 Å². The molecular formula is C17H33N. The molecule has 1 nitrogen and oxygen atoms in total.